The van der Waals surface area contributed by atoms with Crippen LogP contribution in [-0.2, 0) is 9.84 Å². The van der Waals surface area contributed by atoms with Gasteiger partial charge in [-0.05, 0) is 13.3 Å². The quantitative estimate of drug-likeness (QED) is 0.658. The zero-order valence-electron chi connectivity index (χ0n) is 12.3. The van der Waals surface area contributed by atoms with Crippen molar-refractivity contribution in [1.82, 2.24) is 15.0 Å². The molecule has 1 aromatic rings. The van der Waals surface area contributed by atoms with E-state index in [1.807, 2.05) is 21.0 Å². The number of hydrogen-bond acceptors (Lipinski definition) is 8. The van der Waals surface area contributed by atoms with E-state index < -0.39 is 9.84 Å². The maximum atomic E-state index is 11.0. The van der Waals surface area contributed by atoms with E-state index in [4.69, 9.17) is 0 Å². The summed E-state index contributed by atoms with van der Waals surface area (Å²) in [5.74, 6) is 1.62. The minimum Gasteiger partial charge on any atom is -0.354 e. The molecule has 1 aromatic heterocycles. The number of aromatic nitrogens is 3. The molecular formula is C11H22N6O2S. The Morgan fingerprint density at radius 2 is 1.70 bits per heavy atom. The Morgan fingerprint density at radius 1 is 1.10 bits per heavy atom. The summed E-state index contributed by atoms with van der Waals surface area (Å²) in [4.78, 5) is 14.5. The van der Waals surface area contributed by atoms with Crippen LogP contribution in [0, 0.1) is 0 Å². The third-order valence-corrected chi connectivity index (χ3v) is 3.36. The van der Waals surface area contributed by atoms with E-state index in [0.29, 0.717) is 37.4 Å². The third-order valence-electron chi connectivity index (χ3n) is 2.33. The van der Waals surface area contributed by atoms with Crippen LogP contribution in [-0.4, -0.2) is 62.6 Å². The van der Waals surface area contributed by atoms with E-state index >= 15 is 0 Å². The lowest BCUT2D eigenvalue weighted by Gasteiger charge is -2.13. The van der Waals surface area contributed by atoms with Gasteiger partial charge in [-0.15, -0.1) is 0 Å². The SMILES string of the molecule is CCNc1nc(NCCCS(C)(=O)=O)nc(N(C)C)n1. The Kier molecular flexibility index (Phi) is 5.93. The zero-order valence-corrected chi connectivity index (χ0v) is 13.2. The van der Waals surface area contributed by atoms with E-state index in [2.05, 4.69) is 25.6 Å². The second-order valence-corrected chi connectivity index (χ2v) is 6.88. The molecule has 0 radical (unpaired) electrons. The van der Waals surface area contributed by atoms with Crippen LogP contribution in [0.25, 0.3) is 0 Å². The van der Waals surface area contributed by atoms with E-state index in [1.165, 1.54) is 6.26 Å². The van der Waals surface area contributed by atoms with Gasteiger partial charge >= 0.3 is 0 Å². The highest BCUT2D eigenvalue weighted by Gasteiger charge is 2.08. The normalized spacial score (nSPS) is 11.2. The molecule has 9 heteroatoms. The van der Waals surface area contributed by atoms with Gasteiger partial charge in [-0.2, -0.15) is 15.0 Å². The van der Waals surface area contributed by atoms with Crippen molar-refractivity contribution < 1.29 is 8.42 Å². The monoisotopic (exact) mass is 302 g/mol. The minimum atomic E-state index is -2.93. The molecule has 114 valence electrons. The van der Waals surface area contributed by atoms with Gasteiger partial charge in [0.25, 0.3) is 0 Å². The smallest absolute Gasteiger partial charge is 0.231 e. The fourth-order valence-corrected chi connectivity index (χ4v) is 2.08. The minimum absolute atomic E-state index is 0.145. The number of anilines is 3. The van der Waals surface area contributed by atoms with Gasteiger partial charge in [0.15, 0.2) is 0 Å². The third kappa shape index (κ3) is 6.00. The first kappa shape index (κ1) is 16.4. The van der Waals surface area contributed by atoms with Crippen molar-refractivity contribution in [2.24, 2.45) is 0 Å². The van der Waals surface area contributed by atoms with Gasteiger partial charge in [-0.25, -0.2) is 8.42 Å². The maximum Gasteiger partial charge on any atom is 0.231 e. The lowest BCUT2D eigenvalue weighted by atomic mass is 10.5. The molecule has 0 aliphatic carbocycles. The van der Waals surface area contributed by atoms with Crippen LogP contribution < -0.4 is 15.5 Å². The lowest BCUT2D eigenvalue weighted by molar-refractivity contribution is 0.600. The van der Waals surface area contributed by atoms with E-state index in [-0.39, 0.29) is 5.75 Å². The highest BCUT2D eigenvalue weighted by atomic mass is 32.2. The van der Waals surface area contributed by atoms with Crippen molar-refractivity contribution in [2.45, 2.75) is 13.3 Å². The number of hydrogen-bond donors (Lipinski definition) is 2. The molecule has 0 aromatic carbocycles. The van der Waals surface area contributed by atoms with Crippen LogP contribution >= 0.6 is 0 Å². The van der Waals surface area contributed by atoms with Gasteiger partial charge in [0.2, 0.25) is 17.8 Å². The summed E-state index contributed by atoms with van der Waals surface area (Å²) in [6.07, 6.45) is 1.74. The predicted molar refractivity (Wildman–Crippen MR) is 81.1 cm³/mol. The number of rotatable bonds is 8. The van der Waals surface area contributed by atoms with Gasteiger partial charge in [0, 0.05) is 33.4 Å². The Morgan fingerprint density at radius 3 is 2.20 bits per heavy atom. The highest BCUT2D eigenvalue weighted by Crippen LogP contribution is 2.11. The molecule has 0 saturated carbocycles. The Labute approximate surface area is 119 Å². The molecule has 0 spiro atoms. The molecule has 0 atom stereocenters. The Balaban J connectivity index is 2.68. The van der Waals surface area contributed by atoms with Crippen LogP contribution in [0.15, 0.2) is 0 Å². The van der Waals surface area contributed by atoms with Gasteiger partial charge in [0.1, 0.15) is 9.84 Å². The summed E-state index contributed by atoms with van der Waals surface area (Å²) < 4.78 is 22.1. The average Bonchev–Trinajstić information content (AvgIpc) is 2.33. The second-order valence-electron chi connectivity index (χ2n) is 4.62. The number of nitrogens with one attached hydrogen (secondary N) is 2. The van der Waals surface area contributed by atoms with E-state index in [9.17, 15) is 8.42 Å². The molecule has 2 N–H and O–H groups in total. The summed E-state index contributed by atoms with van der Waals surface area (Å²) in [5.41, 5.74) is 0. The van der Waals surface area contributed by atoms with Crippen molar-refractivity contribution in [1.29, 1.82) is 0 Å². The first-order chi connectivity index (χ1) is 9.31. The molecule has 0 amide bonds. The van der Waals surface area contributed by atoms with Crippen LogP contribution in [0.4, 0.5) is 17.8 Å². The molecule has 8 nitrogen and oxygen atoms in total. The largest absolute Gasteiger partial charge is 0.354 e. The molecule has 0 fully saturated rings. The molecule has 20 heavy (non-hydrogen) atoms. The Hall–Kier alpha value is -1.64. The topological polar surface area (TPSA) is 100 Å². The van der Waals surface area contributed by atoms with Crippen LogP contribution in [0.3, 0.4) is 0 Å². The number of sulfone groups is 1. The van der Waals surface area contributed by atoms with Crippen molar-refractivity contribution >= 4 is 27.7 Å². The van der Waals surface area contributed by atoms with Gasteiger partial charge in [0.05, 0.1) is 5.75 Å². The second kappa shape index (κ2) is 7.22. The first-order valence-electron chi connectivity index (χ1n) is 6.40. The Bertz CT molecular complexity index is 532. The molecule has 0 aliphatic rings. The molecule has 0 aliphatic heterocycles. The lowest BCUT2D eigenvalue weighted by Crippen LogP contribution is -2.18. The summed E-state index contributed by atoms with van der Waals surface area (Å²) in [6, 6.07) is 0. The highest BCUT2D eigenvalue weighted by molar-refractivity contribution is 7.90. The van der Waals surface area contributed by atoms with E-state index in [0.717, 1.165) is 0 Å². The summed E-state index contributed by atoms with van der Waals surface area (Å²) in [7, 11) is 0.761. The molecule has 0 bridgehead atoms. The van der Waals surface area contributed by atoms with Crippen molar-refractivity contribution in [3.63, 3.8) is 0 Å². The number of nitrogens with zero attached hydrogens (tertiary/aromatic N) is 4. The van der Waals surface area contributed by atoms with Crippen molar-refractivity contribution in [3.05, 3.63) is 0 Å². The maximum absolute atomic E-state index is 11.0. The predicted octanol–water partition coefficient (Wildman–Crippen LogP) is 0.216. The summed E-state index contributed by atoms with van der Waals surface area (Å²) >= 11 is 0. The van der Waals surface area contributed by atoms with E-state index in [1.54, 1.807) is 4.90 Å². The van der Waals surface area contributed by atoms with Crippen molar-refractivity contribution in [2.75, 3.05) is 54.7 Å². The van der Waals surface area contributed by atoms with Gasteiger partial charge < -0.3 is 15.5 Å². The molecular weight excluding hydrogens is 280 g/mol. The first-order valence-corrected chi connectivity index (χ1v) is 8.46. The fraction of sp³-hybridized carbons (Fsp3) is 0.727. The fourth-order valence-electron chi connectivity index (χ4n) is 1.42. The average molecular weight is 302 g/mol. The summed E-state index contributed by atoms with van der Waals surface area (Å²) in [6.45, 7) is 3.16. The zero-order chi connectivity index (χ0) is 15.2. The van der Waals surface area contributed by atoms with Gasteiger partial charge in [-0.1, -0.05) is 0 Å². The molecule has 1 heterocycles. The molecule has 1 rings (SSSR count). The van der Waals surface area contributed by atoms with Crippen molar-refractivity contribution in [3.8, 4) is 0 Å². The molecule has 0 unspecified atom stereocenters. The van der Waals surface area contributed by atoms with Crippen LogP contribution in [0.1, 0.15) is 13.3 Å². The van der Waals surface area contributed by atoms with Gasteiger partial charge in [-0.3, -0.25) is 0 Å². The van der Waals surface area contributed by atoms with Crippen LogP contribution in [0.2, 0.25) is 0 Å². The molecule has 0 saturated heterocycles. The van der Waals surface area contributed by atoms with Crippen LogP contribution in [0.5, 0.6) is 0 Å². The summed E-state index contributed by atoms with van der Waals surface area (Å²) in [5, 5.41) is 6.05. The standard InChI is InChI=1S/C11H22N6O2S/c1-5-12-9-14-10(16-11(15-9)17(2)3)13-7-6-8-20(4,18)19/h5-8H2,1-4H3,(H2,12,13,14,15,16).